The Labute approximate surface area is 139 Å². The molecule has 1 heterocycles. The molecule has 4 nitrogen and oxygen atoms in total. The fourth-order valence-electron chi connectivity index (χ4n) is 2.83. The van der Waals surface area contributed by atoms with Gasteiger partial charge in [0.1, 0.15) is 12.2 Å². The first-order chi connectivity index (χ1) is 11.9. The fourth-order valence-corrected chi connectivity index (χ4v) is 2.83. The lowest BCUT2D eigenvalue weighted by atomic mass is 10.1. The number of rotatable bonds is 3. The molecule has 0 saturated carbocycles. The van der Waals surface area contributed by atoms with E-state index in [1.807, 2.05) is 0 Å². The monoisotopic (exact) mass is 359 g/mol. The van der Waals surface area contributed by atoms with Crippen LogP contribution in [0.1, 0.15) is 30.5 Å². The van der Waals surface area contributed by atoms with Crippen molar-refractivity contribution in [3.63, 3.8) is 0 Å². The Morgan fingerprint density at radius 2 is 1.56 bits per heavy atom. The van der Waals surface area contributed by atoms with Gasteiger partial charge < -0.3 is 5.32 Å². The summed E-state index contributed by atoms with van der Waals surface area (Å²) in [6, 6.07) is 0. The third-order valence-corrected chi connectivity index (χ3v) is 4.06. The minimum Gasteiger partial charge on any atom is -0.319 e. The van der Waals surface area contributed by atoms with Crippen molar-refractivity contribution in [1.29, 1.82) is 0 Å². The largest absolute Gasteiger partial charge is 0.319 e. The summed E-state index contributed by atoms with van der Waals surface area (Å²) < 4.78 is 67.7. The Balaban J connectivity index is 1.78. The van der Waals surface area contributed by atoms with Crippen LogP contribution in [0.5, 0.6) is 0 Å². The number of benzene rings is 1. The standard InChI is InChI=1S/C16H14F5N3O/c17-11-12(18)14(20)16(15(21)13(11)19)22-10(25)7-24-6-8-4-2-1-3-5-9(8)23-24/h6H,1-5,7H2,(H,22,25). The number of amides is 1. The second kappa shape index (κ2) is 6.81. The van der Waals surface area contributed by atoms with Gasteiger partial charge in [-0.25, -0.2) is 22.0 Å². The van der Waals surface area contributed by atoms with Gasteiger partial charge in [0.15, 0.2) is 23.3 Å². The lowest BCUT2D eigenvalue weighted by Crippen LogP contribution is -2.22. The second-order valence-corrected chi connectivity index (χ2v) is 5.85. The molecule has 0 fully saturated rings. The van der Waals surface area contributed by atoms with E-state index < -0.39 is 47.2 Å². The molecule has 1 aromatic heterocycles. The molecule has 2 aromatic rings. The van der Waals surface area contributed by atoms with Gasteiger partial charge in [-0.2, -0.15) is 5.10 Å². The number of aryl methyl sites for hydroxylation is 2. The van der Waals surface area contributed by atoms with Gasteiger partial charge in [-0.05, 0) is 31.2 Å². The molecule has 1 aliphatic carbocycles. The maximum atomic E-state index is 13.6. The smallest absolute Gasteiger partial charge is 0.246 e. The highest BCUT2D eigenvalue weighted by molar-refractivity contribution is 5.90. The van der Waals surface area contributed by atoms with Gasteiger partial charge in [0, 0.05) is 6.20 Å². The molecule has 1 aliphatic rings. The third-order valence-electron chi connectivity index (χ3n) is 4.06. The zero-order chi connectivity index (χ0) is 18.1. The van der Waals surface area contributed by atoms with Gasteiger partial charge in [0.25, 0.3) is 0 Å². The van der Waals surface area contributed by atoms with E-state index in [1.54, 1.807) is 11.5 Å². The zero-order valence-corrected chi connectivity index (χ0v) is 13.0. The molecule has 9 heteroatoms. The van der Waals surface area contributed by atoms with Crippen molar-refractivity contribution in [3.05, 3.63) is 46.5 Å². The Hall–Kier alpha value is -2.45. The number of hydrogen-bond donors (Lipinski definition) is 1. The van der Waals surface area contributed by atoms with E-state index in [-0.39, 0.29) is 0 Å². The number of fused-ring (bicyclic) bond motifs is 1. The quantitative estimate of drug-likeness (QED) is 0.395. The molecule has 0 aliphatic heterocycles. The van der Waals surface area contributed by atoms with Crippen LogP contribution in [-0.4, -0.2) is 15.7 Å². The highest BCUT2D eigenvalue weighted by atomic mass is 19.2. The van der Waals surface area contributed by atoms with Crippen molar-refractivity contribution in [2.45, 2.75) is 38.6 Å². The molecule has 1 aromatic carbocycles. The molecule has 0 bridgehead atoms. The Bertz CT molecular complexity index is 781. The maximum absolute atomic E-state index is 13.6. The van der Waals surface area contributed by atoms with Gasteiger partial charge >= 0.3 is 0 Å². The summed E-state index contributed by atoms with van der Waals surface area (Å²) in [6.07, 6.45) is 6.36. The lowest BCUT2D eigenvalue weighted by Gasteiger charge is -2.10. The van der Waals surface area contributed by atoms with Crippen molar-refractivity contribution in [1.82, 2.24) is 9.78 Å². The van der Waals surface area contributed by atoms with Crippen LogP contribution in [0, 0.1) is 29.1 Å². The van der Waals surface area contributed by atoms with Crippen LogP contribution in [0.4, 0.5) is 27.6 Å². The first-order valence-electron chi connectivity index (χ1n) is 7.75. The first-order valence-corrected chi connectivity index (χ1v) is 7.75. The Morgan fingerprint density at radius 3 is 2.24 bits per heavy atom. The van der Waals surface area contributed by atoms with Crippen molar-refractivity contribution in [3.8, 4) is 0 Å². The number of carbonyl (C=O) groups is 1. The number of aromatic nitrogens is 2. The van der Waals surface area contributed by atoms with E-state index in [4.69, 9.17) is 0 Å². The number of nitrogens with zero attached hydrogens (tertiary/aromatic N) is 2. The van der Waals surface area contributed by atoms with E-state index in [0.29, 0.717) is 0 Å². The highest BCUT2D eigenvalue weighted by Crippen LogP contribution is 2.27. The topological polar surface area (TPSA) is 46.9 Å². The number of nitrogens with one attached hydrogen (secondary N) is 1. The van der Waals surface area contributed by atoms with Gasteiger partial charge in [-0.3, -0.25) is 9.48 Å². The van der Waals surface area contributed by atoms with Crippen LogP contribution in [-0.2, 0) is 24.2 Å². The second-order valence-electron chi connectivity index (χ2n) is 5.85. The molecule has 25 heavy (non-hydrogen) atoms. The molecular weight excluding hydrogens is 345 g/mol. The highest BCUT2D eigenvalue weighted by Gasteiger charge is 2.27. The maximum Gasteiger partial charge on any atom is 0.246 e. The van der Waals surface area contributed by atoms with Crippen LogP contribution in [0.3, 0.4) is 0 Å². The Kier molecular flexibility index (Phi) is 4.73. The zero-order valence-electron chi connectivity index (χ0n) is 13.0. The number of hydrogen-bond acceptors (Lipinski definition) is 2. The van der Waals surface area contributed by atoms with Crippen LogP contribution in [0.15, 0.2) is 6.20 Å². The molecule has 0 spiro atoms. The Morgan fingerprint density at radius 1 is 0.960 bits per heavy atom. The number of carbonyl (C=O) groups excluding carboxylic acids is 1. The summed E-state index contributed by atoms with van der Waals surface area (Å²) in [5.74, 6) is -11.6. The molecular formula is C16H14F5N3O. The minimum atomic E-state index is -2.27. The van der Waals surface area contributed by atoms with Crippen LogP contribution < -0.4 is 5.32 Å². The average Bonchev–Trinajstić information content (AvgIpc) is 2.83. The molecule has 0 unspecified atom stereocenters. The van der Waals surface area contributed by atoms with Crippen LogP contribution in [0.25, 0.3) is 0 Å². The predicted molar refractivity (Wildman–Crippen MR) is 78.3 cm³/mol. The minimum absolute atomic E-state index is 0.396. The van der Waals surface area contributed by atoms with Gasteiger partial charge in [0.05, 0.1) is 5.69 Å². The number of halogens is 5. The van der Waals surface area contributed by atoms with Crippen LogP contribution >= 0.6 is 0 Å². The summed E-state index contributed by atoms with van der Waals surface area (Å²) >= 11 is 0. The van der Waals surface area contributed by atoms with E-state index in [1.165, 1.54) is 4.68 Å². The number of anilines is 1. The van der Waals surface area contributed by atoms with E-state index in [0.717, 1.165) is 43.4 Å². The van der Waals surface area contributed by atoms with Crippen molar-refractivity contribution in [2.24, 2.45) is 0 Å². The fraction of sp³-hybridized carbons (Fsp3) is 0.375. The lowest BCUT2D eigenvalue weighted by molar-refractivity contribution is -0.117. The third kappa shape index (κ3) is 3.35. The summed E-state index contributed by atoms with van der Waals surface area (Å²) in [6.45, 7) is -0.396. The van der Waals surface area contributed by atoms with E-state index in [2.05, 4.69) is 5.10 Å². The first kappa shape index (κ1) is 17.4. The van der Waals surface area contributed by atoms with Gasteiger partial charge in [-0.15, -0.1) is 0 Å². The van der Waals surface area contributed by atoms with Crippen molar-refractivity contribution < 1.29 is 26.7 Å². The molecule has 134 valence electrons. The normalized spacial score (nSPS) is 14.1. The summed E-state index contributed by atoms with van der Waals surface area (Å²) in [4.78, 5) is 11.9. The molecule has 3 rings (SSSR count). The van der Waals surface area contributed by atoms with E-state index in [9.17, 15) is 26.7 Å². The molecule has 0 atom stereocenters. The summed E-state index contributed by atoms with van der Waals surface area (Å²) in [5, 5.41) is 5.98. The van der Waals surface area contributed by atoms with Crippen LogP contribution in [0.2, 0.25) is 0 Å². The summed E-state index contributed by atoms with van der Waals surface area (Å²) in [7, 11) is 0. The average molecular weight is 359 g/mol. The molecule has 1 N–H and O–H groups in total. The predicted octanol–water partition coefficient (Wildman–Crippen LogP) is 3.49. The summed E-state index contributed by atoms with van der Waals surface area (Å²) in [5.41, 5.74) is 0.498. The van der Waals surface area contributed by atoms with Gasteiger partial charge in [-0.1, -0.05) is 6.42 Å². The molecule has 0 saturated heterocycles. The molecule has 1 amide bonds. The van der Waals surface area contributed by atoms with E-state index >= 15 is 0 Å². The molecule has 0 radical (unpaired) electrons. The van der Waals surface area contributed by atoms with Crippen molar-refractivity contribution in [2.75, 3.05) is 5.32 Å². The SMILES string of the molecule is O=C(Cn1cc2c(n1)CCCCC2)Nc1c(F)c(F)c(F)c(F)c1F. The van der Waals surface area contributed by atoms with Gasteiger partial charge in [0.2, 0.25) is 11.7 Å². The van der Waals surface area contributed by atoms with Crippen molar-refractivity contribution >= 4 is 11.6 Å².